The Kier molecular flexibility index (Phi) is 15.4. The number of unbranched alkanes of at least 4 members (excludes halogenated alkanes) is 3. The highest BCUT2D eigenvalue weighted by atomic mass is 31.1. The van der Waals surface area contributed by atoms with Crippen LogP contribution in [0.4, 0.5) is 5.69 Å². The SMILES string of the molecule is CCOC(=O)C(C)NP(CCCCCCn1c(=NC=O)c(C(=O)NC)nc2cc(C)c(N(C)C)cc21)NC(C)C(=O)OCC. The molecule has 1 aromatic carbocycles. The lowest BCUT2D eigenvalue weighted by Gasteiger charge is -2.26. The molecule has 0 fully saturated rings. The lowest BCUT2D eigenvalue weighted by atomic mass is 10.1. The molecule has 2 atom stereocenters. The quantitative estimate of drug-likeness (QED) is 0.0966. The fourth-order valence-corrected chi connectivity index (χ4v) is 6.73. The molecule has 1 heterocycles. The first-order valence-electron chi connectivity index (χ1n) is 15.0. The van der Waals surface area contributed by atoms with Crippen molar-refractivity contribution in [1.29, 1.82) is 0 Å². The smallest absolute Gasteiger partial charge is 0.323 e. The van der Waals surface area contributed by atoms with Crippen LogP contribution in [0.25, 0.3) is 11.0 Å². The third-order valence-electron chi connectivity index (χ3n) is 6.88. The molecule has 0 saturated carbocycles. The van der Waals surface area contributed by atoms with E-state index in [2.05, 4.69) is 25.5 Å². The van der Waals surface area contributed by atoms with E-state index in [-0.39, 0.29) is 23.1 Å². The number of fused-ring (bicyclic) bond motifs is 1. The molecule has 0 saturated heterocycles. The summed E-state index contributed by atoms with van der Waals surface area (Å²) in [4.78, 5) is 59.3. The molecule has 2 unspecified atom stereocenters. The van der Waals surface area contributed by atoms with Gasteiger partial charge in [-0.05, 0) is 71.3 Å². The number of benzene rings is 1. The predicted octanol–water partition coefficient (Wildman–Crippen LogP) is 2.78. The van der Waals surface area contributed by atoms with Crippen LogP contribution in [0.3, 0.4) is 0 Å². The standard InChI is InChI=1S/C30H48N7O6P/c1-9-42-29(40)21(4)34-44(35-22(5)30(41)43-10-2)16-14-12-11-13-15-37-25-18-24(36(7)8)20(3)17-23(25)33-26(28(39)31-6)27(37)32-19-38/h17-19,21-22,34-35H,9-16H2,1-8H3,(H,31,39). The van der Waals surface area contributed by atoms with Gasteiger partial charge in [0, 0.05) is 41.6 Å². The van der Waals surface area contributed by atoms with Crippen LogP contribution in [0.5, 0.6) is 0 Å². The highest BCUT2D eigenvalue weighted by Crippen LogP contribution is 2.30. The van der Waals surface area contributed by atoms with Gasteiger partial charge in [0.15, 0.2) is 11.2 Å². The van der Waals surface area contributed by atoms with Gasteiger partial charge >= 0.3 is 11.9 Å². The molecule has 2 aromatic rings. The fourth-order valence-electron chi connectivity index (χ4n) is 4.72. The van der Waals surface area contributed by atoms with E-state index >= 15 is 0 Å². The number of anilines is 1. The van der Waals surface area contributed by atoms with Crippen molar-refractivity contribution in [1.82, 2.24) is 25.0 Å². The molecule has 0 aliphatic heterocycles. The van der Waals surface area contributed by atoms with Crippen molar-refractivity contribution in [3.05, 3.63) is 28.9 Å². The molecule has 3 N–H and O–H groups in total. The second-order valence-corrected chi connectivity index (χ2v) is 12.4. The molecule has 2 amide bonds. The molecule has 13 nitrogen and oxygen atoms in total. The molecule has 0 spiro atoms. The average molecular weight is 634 g/mol. The van der Waals surface area contributed by atoms with Crippen LogP contribution < -0.4 is 25.9 Å². The third kappa shape index (κ3) is 10.3. The summed E-state index contributed by atoms with van der Waals surface area (Å²) in [7, 11) is 4.37. The van der Waals surface area contributed by atoms with Gasteiger partial charge in [-0.3, -0.25) is 29.4 Å². The van der Waals surface area contributed by atoms with Crippen LogP contribution in [-0.2, 0) is 30.4 Å². The van der Waals surface area contributed by atoms with Gasteiger partial charge in [-0.2, -0.15) is 4.99 Å². The average Bonchev–Trinajstić information content (AvgIpc) is 2.98. The zero-order valence-corrected chi connectivity index (χ0v) is 28.1. The largest absolute Gasteiger partial charge is 0.465 e. The van der Waals surface area contributed by atoms with E-state index in [9.17, 15) is 19.2 Å². The third-order valence-corrected chi connectivity index (χ3v) is 9.04. The van der Waals surface area contributed by atoms with Gasteiger partial charge in [-0.25, -0.2) is 4.98 Å². The molecule has 1 aromatic heterocycles. The van der Waals surface area contributed by atoms with Crippen molar-refractivity contribution in [3.63, 3.8) is 0 Å². The van der Waals surface area contributed by atoms with Gasteiger partial charge in [0.1, 0.15) is 12.1 Å². The number of aryl methyl sites for hydroxylation is 2. The van der Waals surface area contributed by atoms with Crippen molar-refractivity contribution >= 4 is 49.2 Å². The van der Waals surface area contributed by atoms with Crippen LogP contribution in [0.1, 0.15) is 69.4 Å². The minimum absolute atomic E-state index is 0.0957. The summed E-state index contributed by atoms with van der Waals surface area (Å²) in [5.41, 5.74) is 3.76. The normalized spacial score (nSPS) is 13.7. The number of carbonyl (C=O) groups excluding carboxylic acids is 4. The summed E-state index contributed by atoms with van der Waals surface area (Å²) in [5.74, 6) is -1.10. The molecular weight excluding hydrogens is 585 g/mol. The first-order chi connectivity index (χ1) is 21.0. The van der Waals surface area contributed by atoms with E-state index in [1.54, 1.807) is 27.7 Å². The Hall–Kier alpha value is -3.41. The van der Waals surface area contributed by atoms with Crippen LogP contribution in [0, 0.1) is 6.92 Å². The number of amides is 2. The molecule has 244 valence electrons. The van der Waals surface area contributed by atoms with Crippen molar-refractivity contribution < 1.29 is 28.7 Å². The molecule has 0 radical (unpaired) electrons. The number of aromatic nitrogens is 2. The predicted molar refractivity (Wildman–Crippen MR) is 173 cm³/mol. The number of rotatable bonds is 18. The summed E-state index contributed by atoms with van der Waals surface area (Å²) in [5, 5.41) is 9.20. The molecule has 44 heavy (non-hydrogen) atoms. The van der Waals surface area contributed by atoms with Gasteiger partial charge in [-0.1, -0.05) is 12.8 Å². The number of nitrogens with one attached hydrogen (secondary N) is 3. The van der Waals surface area contributed by atoms with Crippen LogP contribution in [-0.4, -0.2) is 86.4 Å². The Morgan fingerprint density at radius 2 is 1.61 bits per heavy atom. The summed E-state index contributed by atoms with van der Waals surface area (Å²) in [6.45, 7) is 10.1. The second-order valence-electron chi connectivity index (χ2n) is 10.5. The number of nitrogens with zero attached hydrogens (tertiary/aromatic N) is 4. The maximum atomic E-state index is 12.7. The molecule has 14 heteroatoms. The van der Waals surface area contributed by atoms with E-state index < -0.39 is 26.2 Å². The van der Waals surface area contributed by atoms with E-state index in [1.165, 1.54) is 7.05 Å². The highest BCUT2D eigenvalue weighted by molar-refractivity contribution is 7.53. The van der Waals surface area contributed by atoms with Gasteiger partial charge in [0.25, 0.3) is 5.91 Å². The summed E-state index contributed by atoms with van der Waals surface area (Å²) in [6.07, 6.45) is 4.52. The summed E-state index contributed by atoms with van der Waals surface area (Å²) >= 11 is 0. The first-order valence-corrected chi connectivity index (χ1v) is 16.6. The number of ether oxygens (including phenoxy) is 2. The Labute approximate surface area is 261 Å². The zero-order valence-electron chi connectivity index (χ0n) is 27.2. The number of hydrogen-bond donors (Lipinski definition) is 3. The Morgan fingerprint density at radius 1 is 1.02 bits per heavy atom. The van der Waals surface area contributed by atoms with Gasteiger partial charge in [0.2, 0.25) is 6.41 Å². The van der Waals surface area contributed by atoms with E-state index in [4.69, 9.17) is 9.47 Å². The van der Waals surface area contributed by atoms with E-state index in [0.717, 1.165) is 48.6 Å². The maximum Gasteiger partial charge on any atom is 0.323 e. The Balaban J connectivity index is 2.21. The zero-order chi connectivity index (χ0) is 32.8. The molecule has 0 aliphatic rings. The van der Waals surface area contributed by atoms with Crippen LogP contribution in [0.15, 0.2) is 17.1 Å². The van der Waals surface area contributed by atoms with Crippen LogP contribution >= 0.6 is 8.22 Å². The first kappa shape index (κ1) is 36.8. The fraction of sp³-hybridized carbons (Fsp3) is 0.600. The van der Waals surface area contributed by atoms with Crippen molar-refractivity contribution in [2.45, 2.75) is 78.9 Å². The monoisotopic (exact) mass is 633 g/mol. The Morgan fingerprint density at radius 3 is 2.14 bits per heavy atom. The van der Waals surface area contributed by atoms with Gasteiger partial charge < -0.3 is 24.3 Å². The van der Waals surface area contributed by atoms with Gasteiger partial charge in [-0.15, -0.1) is 0 Å². The number of esters is 2. The minimum Gasteiger partial charge on any atom is -0.465 e. The van der Waals surface area contributed by atoms with E-state index in [0.29, 0.717) is 31.7 Å². The van der Waals surface area contributed by atoms with E-state index in [1.807, 2.05) is 42.6 Å². The second kappa shape index (κ2) is 18.4. The van der Waals surface area contributed by atoms with Crippen LogP contribution in [0.2, 0.25) is 0 Å². The Bertz CT molecular complexity index is 1340. The topological polar surface area (TPSA) is 156 Å². The minimum atomic E-state index is -1.07. The highest BCUT2D eigenvalue weighted by Gasteiger charge is 2.23. The molecule has 2 rings (SSSR count). The maximum absolute atomic E-state index is 12.7. The lowest BCUT2D eigenvalue weighted by molar-refractivity contribution is -0.145. The molecule has 0 bridgehead atoms. The summed E-state index contributed by atoms with van der Waals surface area (Å²) in [6, 6.07) is 2.90. The van der Waals surface area contributed by atoms with Gasteiger partial charge in [0.05, 0.1) is 24.2 Å². The molecular formula is C30H48N7O6P. The van der Waals surface area contributed by atoms with Crippen molar-refractivity contribution in [3.8, 4) is 0 Å². The number of carbonyl (C=O) groups is 4. The lowest BCUT2D eigenvalue weighted by Crippen LogP contribution is -2.40. The van der Waals surface area contributed by atoms with Crippen molar-refractivity contribution in [2.24, 2.45) is 4.99 Å². The van der Waals surface area contributed by atoms with Crippen molar-refractivity contribution in [2.75, 3.05) is 45.4 Å². The molecule has 0 aliphatic carbocycles. The summed E-state index contributed by atoms with van der Waals surface area (Å²) < 4.78 is 12.2. The number of hydrogen-bond acceptors (Lipinski definition) is 10.